The Morgan fingerprint density at radius 1 is 1.16 bits per heavy atom. The van der Waals surface area contributed by atoms with Crippen molar-refractivity contribution in [2.45, 2.75) is 89.8 Å². The molecular formula is C24H38O7. The summed E-state index contributed by atoms with van der Waals surface area (Å²) in [6.45, 7) is 2.38. The first-order valence-electron chi connectivity index (χ1n) is 11.4. The van der Waals surface area contributed by atoms with Gasteiger partial charge in [0.1, 0.15) is 5.78 Å². The fourth-order valence-electron chi connectivity index (χ4n) is 3.68. The van der Waals surface area contributed by atoms with E-state index < -0.39 is 24.1 Å². The van der Waals surface area contributed by atoms with Crippen molar-refractivity contribution in [1.29, 1.82) is 0 Å². The smallest absolute Gasteiger partial charge is 0.306 e. The Balaban J connectivity index is 2.29. The van der Waals surface area contributed by atoms with E-state index in [2.05, 4.69) is 6.92 Å². The predicted molar refractivity (Wildman–Crippen MR) is 117 cm³/mol. The minimum Gasteiger partial charge on any atom is -0.481 e. The Kier molecular flexibility index (Phi) is 13.7. The minimum absolute atomic E-state index is 0.0561. The van der Waals surface area contributed by atoms with E-state index in [4.69, 9.17) is 9.84 Å². The third-order valence-electron chi connectivity index (χ3n) is 5.52. The summed E-state index contributed by atoms with van der Waals surface area (Å²) in [5.41, 5.74) is 0. The minimum atomic E-state index is -1.02. The summed E-state index contributed by atoms with van der Waals surface area (Å²) in [5.74, 6) is -1.98. The number of rotatable bonds is 16. The fraction of sp³-hybridized carbons (Fsp3) is 0.708. The van der Waals surface area contributed by atoms with Gasteiger partial charge >= 0.3 is 11.9 Å². The van der Waals surface area contributed by atoms with Crippen LogP contribution in [0.2, 0.25) is 0 Å². The van der Waals surface area contributed by atoms with Gasteiger partial charge in [0.15, 0.2) is 0 Å². The third kappa shape index (κ3) is 11.8. The largest absolute Gasteiger partial charge is 0.481 e. The van der Waals surface area contributed by atoms with Crippen LogP contribution in [-0.2, 0) is 19.1 Å². The Morgan fingerprint density at radius 3 is 2.65 bits per heavy atom. The summed E-state index contributed by atoms with van der Waals surface area (Å²) in [7, 11) is 0. The van der Waals surface area contributed by atoms with Gasteiger partial charge in [0.2, 0.25) is 0 Å². The molecule has 0 aromatic carbocycles. The molecule has 0 spiro atoms. The summed E-state index contributed by atoms with van der Waals surface area (Å²) in [6.07, 6.45) is 12.7. The molecule has 0 aromatic rings. The van der Waals surface area contributed by atoms with Crippen molar-refractivity contribution in [3.8, 4) is 0 Å². The maximum absolute atomic E-state index is 12.2. The molecule has 1 rings (SSSR count). The van der Waals surface area contributed by atoms with Crippen LogP contribution in [0.15, 0.2) is 24.3 Å². The number of carbonyl (C=O) groups excluding carboxylic acids is 2. The summed E-state index contributed by atoms with van der Waals surface area (Å²) < 4.78 is 4.97. The molecule has 1 aliphatic carbocycles. The number of unbranched alkanes of at least 4 members (excludes halogenated alkanes) is 4. The zero-order valence-corrected chi connectivity index (χ0v) is 18.6. The highest BCUT2D eigenvalue weighted by Crippen LogP contribution is 2.33. The van der Waals surface area contributed by atoms with E-state index in [-0.39, 0.29) is 43.5 Å². The van der Waals surface area contributed by atoms with Gasteiger partial charge in [-0.2, -0.15) is 0 Å². The van der Waals surface area contributed by atoms with Crippen LogP contribution in [0.4, 0.5) is 0 Å². The molecule has 0 aliphatic heterocycles. The monoisotopic (exact) mass is 438 g/mol. The molecule has 0 heterocycles. The molecule has 1 fully saturated rings. The number of carboxylic acid groups (broad SMARTS) is 1. The number of ether oxygens (including phenoxy) is 1. The number of hydrogen-bond acceptors (Lipinski definition) is 6. The highest BCUT2D eigenvalue weighted by atomic mass is 16.5. The van der Waals surface area contributed by atoms with Crippen molar-refractivity contribution in [3.63, 3.8) is 0 Å². The molecule has 0 bridgehead atoms. The van der Waals surface area contributed by atoms with Crippen molar-refractivity contribution in [3.05, 3.63) is 24.3 Å². The van der Waals surface area contributed by atoms with Crippen molar-refractivity contribution >= 4 is 17.7 Å². The Bertz CT molecular complexity index is 611. The zero-order chi connectivity index (χ0) is 23.1. The molecule has 3 N–H and O–H groups in total. The second-order valence-corrected chi connectivity index (χ2v) is 8.19. The van der Waals surface area contributed by atoms with Crippen molar-refractivity contribution in [1.82, 2.24) is 0 Å². The number of carboxylic acids is 1. The second-order valence-electron chi connectivity index (χ2n) is 8.19. The number of Topliss-reactive ketones (excluding diaryl/α,β-unsaturated/α-hetero) is 1. The Hall–Kier alpha value is -1.99. The van der Waals surface area contributed by atoms with Gasteiger partial charge in [-0.25, -0.2) is 0 Å². The van der Waals surface area contributed by atoms with Crippen LogP contribution < -0.4 is 0 Å². The first-order chi connectivity index (χ1) is 14.8. The van der Waals surface area contributed by atoms with Crippen LogP contribution >= 0.6 is 0 Å². The highest BCUT2D eigenvalue weighted by Gasteiger charge is 2.39. The molecule has 0 unspecified atom stereocenters. The lowest BCUT2D eigenvalue weighted by molar-refractivity contribution is -0.147. The first kappa shape index (κ1) is 27.0. The van der Waals surface area contributed by atoms with E-state index in [0.29, 0.717) is 19.3 Å². The van der Waals surface area contributed by atoms with E-state index in [1.807, 2.05) is 18.2 Å². The lowest BCUT2D eigenvalue weighted by Crippen LogP contribution is -2.18. The molecule has 4 atom stereocenters. The van der Waals surface area contributed by atoms with Crippen molar-refractivity contribution in [2.24, 2.45) is 11.8 Å². The van der Waals surface area contributed by atoms with E-state index >= 15 is 0 Å². The number of aliphatic hydroxyl groups is 2. The number of ketones is 1. The number of allylic oxidation sites excluding steroid dienone is 2. The number of carbonyl (C=O) groups is 3. The third-order valence-corrected chi connectivity index (χ3v) is 5.52. The highest BCUT2D eigenvalue weighted by molar-refractivity contribution is 5.84. The summed E-state index contributed by atoms with van der Waals surface area (Å²) in [6, 6.07) is 0. The number of aliphatic carboxylic acids is 1. The standard InChI is InChI=1S/C24H38O7/c1-2-3-7-10-18(25)12-13-20-19(21(26)17-22(20)27)11-8-5-4-6-9-16-31-24(30)15-14-23(28)29/h5,8,12-13,18-20,22,25,27H,2-4,6-7,9-11,14-17H2,1H3,(H,28,29)/t18-,19+,20+,22+/m0/s1. The molecule has 0 saturated heterocycles. The molecule has 1 aliphatic rings. The van der Waals surface area contributed by atoms with Crippen LogP contribution in [0.3, 0.4) is 0 Å². The normalized spacial score (nSPS) is 22.4. The van der Waals surface area contributed by atoms with Gasteiger partial charge in [-0.05, 0) is 32.1 Å². The average Bonchev–Trinajstić information content (AvgIpc) is 2.99. The second kappa shape index (κ2) is 15.8. The molecule has 1 saturated carbocycles. The van der Waals surface area contributed by atoms with Crippen LogP contribution in [-0.4, -0.2) is 51.9 Å². The lowest BCUT2D eigenvalue weighted by atomic mass is 9.90. The van der Waals surface area contributed by atoms with E-state index in [1.165, 1.54) is 0 Å². The van der Waals surface area contributed by atoms with Crippen molar-refractivity contribution in [2.75, 3.05) is 6.61 Å². The maximum Gasteiger partial charge on any atom is 0.306 e. The van der Waals surface area contributed by atoms with Gasteiger partial charge in [-0.15, -0.1) is 0 Å². The SMILES string of the molecule is CCCCC[C@H](O)C=C[C@H]1[C@H](O)CC(=O)[C@@H]1CC=CCCCCOC(=O)CCC(=O)O. The molecule has 7 heteroatoms. The molecule has 0 amide bonds. The van der Waals surface area contributed by atoms with E-state index in [0.717, 1.165) is 32.1 Å². The van der Waals surface area contributed by atoms with Gasteiger partial charge in [0.25, 0.3) is 0 Å². The number of aliphatic hydroxyl groups excluding tert-OH is 2. The molecule has 0 aromatic heterocycles. The predicted octanol–water partition coefficient (Wildman–Crippen LogP) is 3.57. The zero-order valence-electron chi connectivity index (χ0n) is 18.6. The summed E-state index contributed by atoms with van der Waals surface area (Å²) in [5, 5.41) is 28.8. The Morgan fingerprint density at radius 2 is 1.94 bits per heavy atom. The van der Waals surface area contributed by atoms with Crippen LogP contribution in [0.25, 0.3) is 0 Å². The van der Waals surface area contributed by atoms with Gasteiger partial charge in [-0.1, -0.05) is 50.5 Å². The molecule has 176 valence electrons. The van der Waals surface area contributed by atoms with Gasteiger partial charge in [0, 0.05) is 18.3 Å². The molecule has 7 nitrogen and oxygen atoms in total. The number of esters is 1. The van der Waals surface area contributed by atoms with E-state index in [9.17, 15) is 24.6 Å². The van der Waals surface area contributed by atoms with Gasteiger partial charge in [0.05, 0.1) is 31.7 Å². The van der Waals surface area contributed by atoms with Crippen LogP contribution in [0.5, 0.6) is 0 Å². The maximum atomic E-state index is 12.2. The first-order valence-corrected chi connectivity index (χ1v) is 11.4. The average molecular weight is 439 g/mol. The van der Waals surface area contributed by atoms with Gasteiger partial charge < -0.3 is 20.1 Å². The number of hydrogen-bond donors (Lipinski definition) is 3. The van der Waals surface area contributed by atoms with Crippen LogP contribution in [0.1, 0.15) is 77.6 Å². The van der Waals surface area contributed by atoms with E-state index in [1.54, 1.807) is 6.08 Å². The molecule has 0 radical (unpaired) electrons. The van der Waals surface area contributed by atoms with Crippen LogP contribution in [0, 0.1) is 11.8 Å². The quantitative estimate of drug-likeness (QED) is 0.191. The Labute approximate surface area is 185 Å². The lowest BCUT2D eigenvalue weighted by Gasteiger charge is -2.16. The summed E-state index contributed by atoms with van der Waals surface area (Å²) in [4.78, 5) is 33.9. The topological polar surface area (TPSA) is 121 Å². The van der Waals surface area contributed by atoms with Gasteiger partial charge in [-0.3, -0.25) is 14.4 Å². The summed E-state index contributed by atoms with van der Waals surface area (Å²) >= 11 is 0. The molecule has 31 heavy (non-hydrogen) atoms. The van der Waals surface area contributed by atoms with Crippen molar-refractivity contribution < 1.29 is 34.4 Å². The molecular weight excluding hydrogens is 400 g/mol. The fourth-order valence-corrected chi connectivity index (χ4v) is 3.68.